The first kappa shape index (κ1) is 26.7. The summed E-state index contributed by atoms with van der Waals surface area (Å²) in [6.07, 6.45) is 3.31. The highest BCUT2D eigenvalue weighted by atomic mass is 35.5. The lowest BCUT2D eigenvalue weighted by Crippen LogP contribution is -2.25. The molecule has 3 N–H and O–H groups in total. The third-order valence-corrected chi connectivity index (χ3v) is 6.10. The van der Waals surface area contributed by atoms with Crippen LogP contribution >= 0.6 is 11.6 Å². The third-order valence-electron chi connectivity index (χ3n) is 5.81. The average molecular weight is 534 g/mol. The van der Waals surface area contributed by atoms with Gasteiger partial charge >= 0.3 is 0 Å². The van der Waals surface area contributed by atoms with Crippen LogP contribution in [0.4, 0.5) is 26.0 Å². The predicted octanol–water partition coefficient (Wildman–Crippen LogP) is 4.05. The summed E-state index contributed by atoms with van der Waals surface area (Å²) in [5.74, 6) is -1.77. The van der Waals surface area contributed by atoms with Gasteiger partial charge in [-0.15, -0.1) is 0 Å². The molecule has 0 saturated carbocycles. The number of aromatic nitrogens is 2. The number of likely N-dealkylation sites (tertiary alicyclic amines) is 1. The minimum Gasteiger partial charge on any atom is -0.494 e. The maximum Gasteiger partial charge on any atom is 0.284 e. The lowest BCUT2D eigenvalue weighted by atomic mass is 10.1. The molecule has 1 unspecified atom stereocenters. The summed E-state index contributed by atoms with van der Waals surface area (Å²) in [6, 6.07) is 7.30. The first-order valence-electron chi connectivity index (χ1n) is 11.5. The van der Waals surface area contributed by atoms with E-state index < -0.39 is 17.6 Å². The number of carbonyl (C=O) groups excluding carboxylic acids is 1. The Morgan fingerprint density at radius 3 is 2.92 bits per heavy atom. The molecule has 1 atom stereocenters. The summed E-state index contributed by atoms with van der Waals surface area (Å²) in [5, 5.41) is 14.9. The number of halogens is 3. The largest absolute Gasteiger partial charge is 0.494 e. The van der Waals surface area contributed by atoms with Crippen molar-refractivity contribution in [3.8, 4) is 5.75 Å². The number of amides is 1. The number of aliphatic hydroxyl groups is 1. The Morgan fingerprint density at radius 2 is 2.16 bits per heavy atom. The van der Waals surface area contributed by atoms with Crippen LogP contribution in [0.2, 0.25) is 5.02 Å². The number of ether oxygens (including phenoxy) is 2. The van der Waals surface area contributed by atoms with Crippen LogP contribution in [0.5, 0.6) is 5.75 Å². The fraction of sp³-hybridized carbons (Fsp3) is 0.320. The van der Waals surface area contributed by atoms with Gasteiger partial charge in [-0.1, -0.05) is 11.6 Å². The highest BCUT2D eigenvalue weighted by Crippen LogP contribution is 2.34. The zero-order valence-corrected chi connectivity index (χ0v) is 20.8. The maximum atomic E-state index is 14.7. The van der Waals surface area contributed by atoms with Crippen molar-refractivity contribution in [1.29, 1.82) is 0 Å². The van der Waals surface area contributed by atoms with E-state index in [2.05, 4.69) is 20.6 Å². The fourth-order valence-corrected chi connectivity index (χ4v) is 4.14. The molecule has 1 amide bonds. The van der Waals surface area contributed by atoms with Gasteiger partial charge < -0.3 is 25.2 Å². The van der Waals surface area contributed by atoms with Crippen molar-refractivity contribution in [3.05, 3.63) is 59.4 Å². The van der Waals surface area contributed by atoms with Gasteiger partial charge in [0.1, 0.15) is 23.7 Å². The molecule has 1 saturated heterocycles. The molecule has 3 aromatic rings. The van der Waals surface area contributed by atoms with Gasteiger partial charge in [-0.3, -0.25) is 9.69 Å². The maximum absolute atomic E-state index is 14.7. The zero-order chi connectivity index (χ0) is 26.4. The molecule has 2 heterocycles. The lowest BCUT2D eigenvalue weighted by Gasteiger charge is -2.15. The van der Waals surface area contributed by atoms with E-state index in [1.807, 2.05) is 4.90 Å². The number of nitrogens with one attached hydrogen (secondary N) is 2. The van der Waals surface area contributed by atoms with E-state index in [0.717, 1.165) is 6.42 Å². The van der Waals surface area contributed by atoms with Crippen molar-refractivity contribution in [3.63, 3.8) is 0 Å². The average Bonchev–Trinajstić information content (AvgIpc) is 3.35. The van der Waals surface area contributed by atoms with Crippen molar-refractivity contribution in [1.82, 2.24) is 14.9 Å². The van der Waals surface area contributed by atoms with Gasteiger partial charge in [0, 0.05) is 36.8 Å². The Kier molecular flexibility index (Phi) is 8.82. The van der Waals surface area contributed by atoms with Crippen LogP contribution in [0.3, 0.4) is 0 Å². The number of hydrogen-bond donors (Lipinski definition) is 3. The summed E-state index contributed by atoms with van der Waals surface area (Å²) in [5.41, 5.74) is 1.22. The van der Waals surface area contributed by atoms with Crippen molar-refractivity contribution < 1.29 is 28.2 Å². The fourth-order valence-electron chi connectivity index (χ4n) is 3.96. The summed E-state index contributed by atoms with van der Waals surface area (Å²) in [4.78, 5) is 23.0. The van der Waals surface area contributed by atoms with E-state index in [0.29, 0.717) is 35.5 Å². The van der Waals surface area contributed by atoms with Crippen LogP contribution in [-0.2, 0) is 9.53 Å². The Hall–Kier alpha value is -3.38. The first-order chi connectivity index (χ1) is 17.9. The number of carbonyl (C=O) groups is 1. The van der Waals surface area contributed by atoms with E-state index in [9.17, 15) is 13.6 Å². The molecule has 196 valence electrons. The standard InChI is InChI=1S/C25H26ClF2N5O4/c1-36-23-12-21-17(24(30-14-29-21)31-15-2-3-19(27)18(26)10-15)11-22(23)32-25(35)20(28)5-7-33-6-4-16(13-33)37-9-8-34/h2-3,5,10-12,14,16,34H,4,6-9,13H2,1H3,(H,32,35)(H,29,30,31). The third kappa shape index (κ3) is 6.69. The van der Waals surface area contributed by atoms with Gasteiger partial charge in [0.15, 0.2) is 5.83 Å². The number of methoxy groups -OCH3 is 1. The minimum atomic E-state index is -0.939. The summed E-state index contributed by atoms with van der Waals surface area (Å²) < 4.78 is 39.1. The van der Waals surface area contributed by atoms with Gasteiger partial charge in [0.05, 0.1) is 42.7 Å². The van der Waals surface area contributed by atoms with E-state index in [4.69, 9.17) is 26.2 Å². The Labute approximate surface area is 217 Å². The number of aliphatic hydroxyl groups excluding tert-OH is 1. The van der Waals surface area contributed by atoms with Crippen LogP contribution in [0.15, 0.2) is 48.6 Å². The highest BCUT2D eigenvalue weighted by molar-refractivity contribution is 6.31. The van der Waals surface area contributed by atoms with Crippen LogP contribution < -0.4 is 15.4 Å². The van der Waals surface area contributed by atoms with Gasteiger partial charge in [0.25, 0.3) is 5.91 Å². The van der Waals surface area contributed by atoms with E-state index in [-0.39, 0.29) is 42.3 Å². The Morgan fingerprint density at radius 1 is 1.32 bits per heavy atom. The van der Waals surface area contributed by atoms with Crippen LogP contribution in [-0.4, -0.2) is 71.9 Å². The predicted molar refractivity (Wildman–Crippen MR) is 136 cm³/mol. The van der Waals surface area contributed by atoms with Gasteiger partial charge in [0.2, 0.25) is 0 Å². The second kappa shape index (κ2) is 12.2. The monoisotopic (exact) mass is 533 g/mol. The first-order valence-corrected chi connectivity index (χ1v) is 11.9. The second-order valence-electron chi connectivity index (χ2n) is 8.32. The Balaban J connectivity index is 1.50. The van der Waals surface area contributed by atoms with E-state index >= 15 is 0 Å². The highest BCUT2D eigenvalue weighted by Gasteiger charge is 2.23. The molecule has 1 aromatic heterocycles. The molecule has 0 bridgehead atoms. The van der Waals surface area contributed by atoms with Crippen molar-refractivity contribution in [2.45, 2.75) is 12.5 Å². The van der Waals surface area contributed by atoms with Gasteiger partial charge in [-0.05, 0) is 36.8 Å². The van der Waals surface area contributed by atoms with Gasteiger partial charge in [-0.25, -0.2) is 18.7 Å². The van der Waals surface area contributed by atoms with E-state index in [1.165, 1.54) is 37.7 Å². The molecule has 9 nitrogen and oxygen atoms in total. The van der Waals surface area contributed by atoms with Crippen LogP contribution in [0, 0.1) is 5.82 Å². The Bertz CT molecular complexity index is 1310. The molecule has 1 fully saturated rings. The number of fused-ring (bicyclic) bond motifs is 1. The molecule has 0 spiro atoms. The van der Waals surface area contributed by atoms with Crippen LogP contribution in [0.1, 0.15) is 6.42 Å². The second-order valence-corrected chi connectivity index (χ2v) is 8.72. The quantitative estimate of drug-likeness (QED) is 0.335. The summed E-state index contributed by atoms with van der Waals surface area (Å²) in [7, 11) is 1.42. The molecular formula is C25H26ClF2N5O4. The summed E-state index contributed by atoms with van der Waals surface area (Å²) in [6.45, 7) is 1.76. The smallest absolute Gasteiger partial charge is 0.284 e. The molecule has 1 aliphatic rings. The molecule has 12 heteroatoms. The number of anilines is 3. The number of benzene rings is 2. The molecular weight excluding hydrogens is 508 g/mol. The number of hydrogen-bond acceptors (Lipinski definition) is 8. The SMILES string of the molecule is COc1cc2ncnc(Nc3ccc(F)c(Cl)c3)c2cc1NC(=O)C(F)=CCN1CCC(OCCO)C1. The zero-order valence-electron chi connectivity index (χ0n) is 20.0. The molecule has 37 heavy (non-hydrogen) atoms. The van der Waals surface area contributed by atoms with Crippen LogP contribution in [0.25, 0.3) is 10.9 Å². The van der Waals surface area contributed by atoms with Crippen molar-refractivity contribution in [2.75, 3.05) is 50.6 Å². The lowest BCUT2D eigenvalue weighted by molar-refractivity contribution is -0.114. The van der Waals surface area contributed by atoms with Crippen molar-refractivity contribution in [2.24, 2.45) is 0 Å². The molecule has 0 radical (unpaired) electrons. The minimum absolute atomic E-state index is 0.0183. The van der Waals surface area contributed by atoms with E-state index in [1.54, 1.807) is 12.1 Å². The molecule has 1 aliphatic heterocycles. The summed E-state index contributed by atoms with van der Waals surface area (Å²) >= 11 is 5.87. The number of nitrogens with zero attached hydrogens (tertiary/aromatic N) is 3. The van der Waals surface area contributed by atoms with Crippen molar-refractivity contribution >= 4 is 45.6 Å². The molecule has 0 aliphatic carbocycles. The van der Waals surface area contributed by atoms with Gasteiger partial charge in [-0.2, -0.15) is 0 Å². The number of rotatable bonds is 10. The topological polar surface area (TPSA) is 109 Å². The molecule has 2 aromatic carbocycles. The normalized spacial score (nSPS) is 16.2. The molecule has 4 rings (SSSR count).